The summed E-state index contributed by atoms with van der Waals surface area (Å²) in [5.74, 6) is -8.08. The first-order valence-corrected chi connectivity index (χ1v) is 15.8. The Hall–Kier alpha value is -5.01. The van der Waals surface area contributed by atoms with Crippen LogP contribution in [0.2, 0.25) is 0 Å². The molecule has 49 heavy (non-hydrogen) atoms. The van der Waals surface area contributed by atoms with Crippen LogP contribution in [0.1, 0.15) is 24.3 Å². The molecule has 1 saturated carbocycles. The quantitative estimate of drug-likeness (QED) is 0.119. The molecule has 4 amide bonds. The number of nitrogens with zero attached hydrogens (tertiary/aromatic N) is 3. The zero-order chi connectivity index (χ0) is 35.2. The zero-order valence-electron chi connectivity index (χ0n) is 25.8. The molecule has 7 rings (SSSR count). The number of halogens is 3. The van der Waals surface area contributed by atoms with E-state index in [-0.39, 0.29) is 47.0 Å². The second-order valence-corrected chi connectivity index (χ2v) is 13.5. The van der Waals surface area contributed by atoms with Crippen molar-refractivity contribution in [2.24, 2.45) is 17.8 Å². The van der Waals surface area contributed by atoms with Crippen LogP contribution >= 0.6 is 23.2 Å². The lowest BCUT2D eigenvalue weighted by atomic mass is 9.56. The highest BCUT2D eigenvalue weighted by molar-refractivity contribution is 6.58. The molecule has 1 N–H and O–H groups in total. The lowest BCUT2D eigenvalue weighted by Crippen LogP contribution is -2.60. The number of non-ortho nitro benzene ring substituents is 1. The number of benzene rings is 3. The molecule has 12 nitrogen and oxygen atoms in total. The van der Waals surface area contributed by atoms with Crippen molar-refractivity contribution in [1.29, 1.82) is 0 Å². The molecule has 0 bridgehead atoms. The molecule has 3 aromatic carbocycles. The molecule has 0 radical (unpaired) electrons. The number of imide groups is 2. The molecular weight excluding hydrogens is 684 g/mol. The molecule has 2 aliphatic heterocycles. The number of methoxy groups -OCH3 is 2. The number of nitro groups is 1. The van der Waals surface area contributed by atoms with E-state index in [0.29, 0.717) is 5.57 Å². The molecule has 2 aliphatic carbocycles. The molecule has 6 atom stereocenters. The van der Waals surface area contributed by atoms with Crippen molar-refractivity contribution in [2.75, 3.05) is 24.0 Å². The fraction of sp³-hybridized carbons (Fsp3) is 0.294. The molecule has 0 spiro atoms. The molecule has 2 saturated heterocycles. The number of fused-ring (bicyclic) bond motifs is 4. The summed E-state index contributed by atoms with van der Waals surface area (Å²) in [6, 6.07) is 12.3. The average Bonchev–Trinajstić information content (AvgIpc) is 3.42. The second kappa shape index (κ2) is 11.3. The summed E-state index contributed by atoms with van der Waals surface area (Å²) in [5.41, 5.74) is 0.288. The number of carbonyl (C=O) groups is 4. The van der Waals surface area contributed by atoms with Gasteiger partial charge in [0.25, 0.3) is 17.5 Å². The van der Waals surface area contributed by atoms with Gasteiger partial charge in [-0.15, -0.1) is 23.2 Å². The standard InChI is InChI=1S/C34H26Cl2FN3O9/c1-48-20-13-24(41)27(25(14-20)49-2)28-21-11-12-22-26(30(43)38(29(22)42)17-7-9-19(10-8-17)40(46)47)23(21)15-33(35)31(44)39(32(45)34(28,33)36)18-5-3-16(37)4-6-18/h3-11,13-14,22-23,26,28,41H,12,15H2,1-2H3/t22-,23+,26-,28+,33+,34-/m0/s1. The van der Waals surface area contributed by atoms with Gasteiger partial charge < -0.3 is 14.6 Å². The number of rotatable bonds is 6. The molecule has 4 aliphatic rings. The highest BCUT2D eigenvalue weighted by Gasteiger charge is 2.77. The number of nitro benzene ring substituents is 1. The third-order valence-electron chi connectivity index (χ3n) is 10.1. The van der Waals surface area contributed by atoms with Crippen molar-refractivity contribution in [3.8, 4) is 17.2 Å². The van der Waals surface area contributed by atoms with Gasteiger partial charge in [-0.2, -0.15) is 0 Å². The smallest absolute Gasteiger partial charge is 0.269 e. The van der Waals surface area contributed by atoms with Gasteiger partial charge in [0.05, 0.1) is 42.4 Å². The van der Waals surface area contributed by atoms with Crippen molar-refractivity contribution >= 4 is 63.9 Å². The predicted octanol–water partition coefficient (Wildman–Crippen LogP) is 5.22. The maximum Gasteiger partial charge on any atom is 0.269 e. The Balaban J connectivity index is 1.41. The van der Waals surface area contributed by atoms with Gasteiger partial charge in [0, 0.05) is 35.7 Å². The molecule has 15 heteroatoms. The summed E-state index contributed by atoms with van der Waals surface area (Å²) in [6.45, 7) is 0. The number of anilines is 2. The van der Waals surface area contributed by atoms with Gasteiger partial charge in [-0.1, -0.05) is 11.6 Å². The Morgan fingerprint density at radius 1 is 0.898 bits per heavy atom. The molecule has 3 aromatic rings. The van der Waals surface area contributed by atoms with E-state index >= 15 is 0 Å². The number of phenolic OH excluding ortho intramolecular Hbond substituents is 1. The number of phenols is 1. The van der Waals surface area contributed by atoms with Crippen LogP contribution in [0.3, 0.4) is 0 Å². The summed E-state index contributed by atoms with van der Waals surface area (Å²) in [5, 5.41) is 22.7. The van der Waals surface area contributed by atoms with Crippen molar-refractivity contribution in [1.82, 2.24) is 0 Å². The Bertz CT molecular complexity index is 2010. The van der Waals surface area contributed by atoms with Crippen molar-refractivity contribution in [3.05, 3.63) is 93.8 Å². The van der Waals surface area contributed by atoms with Crippen LogP contribution in [-0.4, -0.2) is 57.6 Å². The first kappa shape index (κ1) is 32.5. The maximum absolute atomic E-state index is 14.6. The van der Waals surface area contributed by atoms with Crippen LogP contribution in [0.25, 0.3) is 0 Å². The lowest BCUT2D eigenvalue weighted by Gasteiger charge is -2.50. The van der Waals surface area contributed by atoms with Gasteiger partial charge in [0.2, 0.25) is 11.8 Å². The van der Waals surface area contributed by atoms with Gasteiger partial charge >= 0.3 is 0 Å². The maximum atomic E-state index is 14.6. The van der Waals surface area contributed by atoms with Crippen LogP contribution < -0.4 is 19.3 Å². The third kappa shape index (κ3) is 4.41. The van der Waals surface area contributed by atoms with Crippen LogP contribution in [0.4, 0.5) is 21.5 Å². The summed E-state index contributed by atoms with van der Waals surface area (Å²) >= 11 is 14.7. The number of hydrogen-bond donors (Lipinski definition) is 1. The van der Waals surface area contributed by atoms with E-state index in [4.69, 9.17) is 32.7 Å². The number of carbonyl (C=O) groups excluding carboxylic acids is 4. The largest absolute Gasteiger partial charge is 0.507 e. The van der Waals surface area contributed by atoms with E-state index in [0.717, 1.165) is 21.9 Å². The Morgan fingerprint density at radius 3 is 2.14 bits per heavy atom. The molecule has 0 aromatic heterocycles. The number of ether oxygens (including phenoxy) is 2. The summed E-state index contributed by atoms with van der Waals surface area (Å²) < 4.78 is 24.8. The SMILES string of the molecule is COc1cc(O)c([C@H]2C3=CC[C@@H]4C(=O)N(c5ccc([N+](=O)[O-])cc5)C(=O)[C@@H]4[C@@H]3C[C@@]3(Cl)C(=O)N(c4ccc(F)cc4)C(=O)[C@@]23Cl)c(OC)c1. The lowest BCUT2D eigenvalue weighted by molar-refractivity contribution is -0.384. The predicted molar refractivity (Wildman–Crippen MR) is 173 cm³/mol. The van der Waals surface area contributed by atoms with Gasteiger partial charge in [0.1, 0.15) is 23.1 Å². The molecule has 2 heterocycles. The van der Waals surface area contributed by atoms with E-state index < -0.39 is 73.5 Å². The minimum atomic E-state index is -2.31. The normalized spacial score (nSPS) is 29.0. The second-order valence-electron chi connectivity index (χ2n) is 12.3. The summed E-state index contributed by atoms with van der Waals surface area (Å²) in [4.78, 5) is 64.9. The highest BCUT2D eigenvalue weighted by Crippen LogP contribution is 2.67. The number of hydrogen-bond acceptors (Lipinski definition) is 9. The molecular formula is C34H26Cl2FN3O9. The average molecular weight is 710 g/mol. The number of alkyl halides is 2. The zero-order valence-corrected chi connectivity index (χ0v) is 27.3. The van der Waals surface area contributed by atoms with Crippen LogP contribution in [0.15, 0.2) is 72.3 Å². The first-order chi connectivity index (χ1) is 23.3. The summed E-state index contributed by atoms with van der Waals surface area (Å²) in [7, 11) is 2.70. The van der Waals surface area contributed by atoms with Gasteiger partial charge in [-0.3, -0.25) is 34.2 Å². The number of amides is 4. The van der Waals surface area contributed by atoms with Crippen molar-refractivity contribution < 1.29 is 43.1 Å². The fourth-order valence-electron chi connectivity index (χ4n) is 7.86. The van der Waals surface area contributed by atoms with E-state index in [1.165, 1.54) is 62.8 Å². The number of aromatic hydroxyl groups is 1. The van der Waals surface area contributed by atoms with Gasteiger partial charge in [-0.25, -0.2) is 9.29 Å². The minimum absolute atomic E-state index is 0.00168. The minimum Gasteiger partial charge on any atom is -0.507 e. The first-order valence-electron chi connectivity index (χ1n) is 15.1. The fourth-order valence-corrected chi connectivity index (χ4v) is 8.78. The molecule has 252 valence electrons. The third-order valence-corrected chi connectivity index (χ3v) is 11.5. The van der Waals surface area contributed by atoms with E-state index in [2.05, 4.69) is 0 Å². The van der Waals surface area contributed by atoms with Crippen LogP contribution in [-0.2, 0) is 19.2 Å². The van der Waals surface area contributed by atoms with Gasteiger partial charge in [-0.05, 0) is 55.2 Å². The van der Waals surface area contributed by atoms with E-state index in [1.807, 2.05) is 0 Å². The monoisotopic (exact) mass is 709 g/mol. The Labute approximate surface area is 287 Å². The summed E-state index contributed by atoms with van der Waals surface area (Å²) in [6.07, 6.45) is 1.37. The molecule has 3 fully saturated rings. The van der Waals surface area contributed by atoms with Crippen molar-refractivity contribution in [2.45, 2.75) is 28.5 Å². The highest BCUT2D eigenvalue weighted by atomic mass is 35.5. The molecule has 0 unspecified atom stereocenters. The van der Waals surface area contributed by atoms with Crippen LogP contribution in [0.5, 0.6) is 17.2 Å². The van der Waals surface area contributed by atoms with Crippen molar-refractivity contribution in [3.63, 3.8) is 0 Å². The Morgan fingerprint density at radius 2 is 1.53 bits per heavy atom. The van der Waals surface area contributed by atoms with E-state index in [9.17, 15) is 38.8 Å². The van der Waals surface area contributed by atoms with Crippen LogP contribution in [0, 0.1) is 33.7 Å². The topological polar surface area (TPSA) is 157 Å². The number of allylic oxidation sites excluding steroid dienone is 2. The Kier molecular flexibility index (Phi) is 7.49. The van der Waals surface area contributed by atoms with E-state index in [1.54, 1.807) is 6.08 Å². The van der Waals surface area contributed by atoms with Gasteiger partial charge in [0.15, 0.2) is 9.75 Å².